The van der Waals surface area contributed by atoms with Crippen LogP contribution < -0.4 is 10.1 Å². The largest absolute Gasteiger partial charge is 0.435 e. The van der Waals surface area contributed by atoms with Crippen LogP contribution in [-0.4, -0.2) is 41.6 Å². The summed E-state index contributed by atoms with van der Waals surface area (Å²) < 4.78 is 28.3. The topological polar surface area (TPSA) is 61.7 Å². The van der Waals surface area contributed by atoms with E-state index < -0.39 is 12.2 Å². The molecule has 21 heavy (non-hydrogen) atoms. The van der Waals surface area contributed by atoms with Gasteiger partial charge in [-0.05, 0) is 44.4 Å². The van der Waals surface area contributed by atoms with E-state index in [1.165, 1.54) is 12.1 Å². The third-order valence-electron chi connectivity index (χ3n) is 3.19. The Kier molecular flexibility index (Phi) is 7.01. The normalized spacial score (nSPS) is 15.8. The maximum atomic E-state index is 12.0. The summed E-state index contributed by atoms with van der Waals surface area (Å²) in [5.41, 5.74) is -0.0955. The molecule has 1 rings (SSSR count). The molecule has 0 radical (unpaired) electrons. The van der Waals surface area contributed by atoms with Crippen molar-refractivity contribution in [2.24, 2.45) is 0 Å². The van der Waals surface area contributed by atoms with E-state index in [1.54, 1.807) is 19.1 Å². The number of hydrogen-bond donors (Lipinski definition) is 3. The number of halogens is 2. The zero-order valence-electron chi connectivity index (χ0n) is 12.4. The summed E-state index contributed by atoms with van der Waals surface area (Å²) in [7, 11) is 0. The molecule has 0 bridgehead atoms. The van der Waals surface area contributed by atoms with Crippen LogP contribution in [0.3, 0.4) is 0 Å². The van der Waals surface area contributed by atoms with Gasteiger partial charge in [-0.3, -0.25) is 0 Å². The van der Waals surface area contributed by atoms with Gasteiger partial charge in [-0.1, -0.05) is 12.1 Å². The molecule has 0 saturated heterocycles. The smallest absolute Gasteiger partial charge is 0.387 e. The van der Waals surface area contributed by atoms with Crippen LogP contribution in [0.4, 0.5) is 8.78 Å². The predicted octanol–water partition coefficient (Wildman–Crippen LogP) is 1.94. The third kappa shape index (κ3) is 7.36. The number of nitrogens with one attached hydrogen (secondary N) is 1. The maximum absolute atomic E-state index is 12.0. The molecule has 1 aromatic rings. The van der Waals surface area contributed by atoms with Gasteiger partial charge in [-0.2, -0.15) is 8.78 Å². The molecule has 0 amide bonds. The highest BCUT2D eigenvalue weighted by atomic mass is 19.3. The lowest BCUT2D eigenvalue weighted by atomic mass is 10.0. The lowest BCUT2D eigenvalue weighted by Crippen LogP contribution is -2.44. The fourth-order valence-corrected chi connectivity index (χ4v) is 1.77. The Balaban J connectivity index is 2.34. The summed E-state index contributed by atoms with van der Waals surface area (Å²) in [5.74, 6) is 0.152. The van der Waals surface area contributed by atoms with E-state index in [2.05, 4.69) is 10.1 Å². The van der Waals surface area contributed by atoms with Gasteiger partial charge in [0.05, 0.1) is 12.2 Å². The van der Waals surface area contributed by atoms with Gasteiger partial charge in [0.25, 0.3) is 0 Å². The molecule has 0 spiro atoms. The van der Waals surface area contributed by atoms with E-state index in [1.807, 2.05) is 6.92 Å². The number of alkyl halides is 2. The predicted molar refractivity (Wildman–Crippen MR) is 76.6 cm³/mol. The number of hydrogen-bond acceptors (Lipinski definition) is 4. The first-order chi connectivity index (χ1) is 9.82. The zero-order chi connectivity index (χ0) is 15.9. The number of rotatable bonds is 9. The van der Waals surface area contributed by atoms with Crippen LogP contribution in [0, 0.1) is 0 Å². The molecular formula is C15H23F2NO3. The first-order valence-electron chi connectivity index (χ1n) is 6.93. The average molecular weight is 303 g/mol. The van der Waals surface area contributed by atoms with Gasteiger partial charge in [-0.25, -0.2) is 0 Å². The van der Waals surface area contributed by atoms with E-state index in [0.717, 1.165) is 18.4 Å². The van der Waals surface area contributed by atoms with Gasteiger partial charge in [0.1, 0.15) is 5.75 Å². The molecule has 4 nitrogen and oxygen atoms in total. The van der Waals surface area contributed by atoms with Gasteiger partial charge in [0.2, 0.25) is 0 Å². The first-order valence-corrected chi connectivity index (χ1v) is 6.93. The van der Waals surface area contributed by atoms with Gasteiger partial charge in [0.15, 0.2) is 0 Å². The van der Waals surface area contributed by atoms with Crippen LogP contribution in [0.2, 0.25) is 0 Å². The third-order valence-corrected chi connectivity index (χ3v) is 3.19. The minimum absolute atomic E-state index is 0.152. The molecule has 2 atom stereocenters. The first kappa shape index (κ1) is 17.8. The van der Waals surface area contributed by atoms with E-state index >= 15 is 0 Å². The van der Waals surface area contributed by atoms with E-state index in [0.29, 0.717) is 6.54 Å². The number of benzene rings is 1. The minimum atomic E-state index is -2.81. The molecule has 2 unspecified atom stereocenters. The number of ether oxygens (including phenoxy) is 1. The lowest BCUT2D eigenvalue weighted by Gasteiger charge is -2.23. The van der Waals surface area contributed by atoms with Crippen molar-refractivity contribution in [3.8, 4) is 5.75 Å². The quantitative estimate of drug-likeness (QED) is 0.652. The molecule has 0 aliphatic rings. The molecule has 120 valence electrons. The van der Waals surface area contributed by atoms with Crippen molar-refractivity contribution < 1.29 is 23.7 Å². The van der Waals surface area contributed by atoms with Gasteiger partial charge in [0, 0.05) is 12.6 Å². The van der Waals surface area contributed by atoms with Crippen LogP contribution in [-0.2, 0) is 6.42 Å². The average Bonchev–Trinajstić information content (AvgIpc) is 2.44. The molecular weight excluding hydrogens is 280 g/mol. The molecule has 0 aliphatic heterocycles. The molecule has 0 aliphatic carbocycles. The van der Waals surface area contributed by atoms with E-state index in [-0.39, 0.29) is 18.4 Å². The van der Waals surface area contributed by atoms with Crippen LogP contribution in [0.25, 0.3) is 0 Å². The summed E-state index contributed by atoms with van der Waals surface area (Å²) >= 11 is 0. The summed E-state index contributed by atoms with van der Waals surface area (Å²) in [6.07, 6.45) is 1.61. The molecule has 1 aromatic carbocycles. The second-order valence-corrected chi connectivity index (χ2v) is 5.50. The summed E-state index contributed by atoms with van der Waals surface area (Å²) in [6.45, 7) is 0.764. The molecule has 0 fully saturated rings. The Morgan fingerprint density at radius 3 is 2.43 bits per heavy atom. The Labute approximate surface area is 123 Å². The highest BCUT2D eigenvalue weighted by molar-refractivity contribution is 5.27. The van der Waals surface area contributed by atoms with Crippen LogP contribution in [0.5, 0.6) is 5.75 Å². The molecule has 0 aromatic heterocycles. The molecule has 3 N–H and O–H groups in total. The van der Waals surface area contributed by atoms with Crippen molar-refractivity contribution in [3.05, 3.63) is 29.8 Å². The monoisotopic (exact) mass is 303 g/mol. The summed E-state index contributed by atoms with van der Waals surface area (Å²) in [6, 6.07) is 6.73. The van der Waals surface area contributed by atoms with Crippen molar-refractivity contribution in [1.82, 2.24) is 5.32 Å². The standard InChI is InChI=1S/C15H23F2NO3/c1-11(18-9-15(2,20)10-19)3-4-12-5-7-13(8-6-12)21-14(16)17/h5-8,11,14,18-20H,3-4,9-10H2,1-2H3. The SMILES string of the molecule is CC(CCc1ccc(OC(F)F)cc1)NCC(C)(O)CO. The van der Waals surface area contributed by atoms with Crippen molar-refractivity contribution in [2.45, 2.75) is 44.9 Å². The van der Waals surface area contributed by atoms with Gasteiger partial charge < -0.3 is 20.3 Å². The Bertz CT molecular complexity index is 410. The fraction of sp³-hybridized carbons (Fsp3) is 0.600. The Morgan fingerprint density at radius 2 is 1.90 bits per heavy atom. The van der Waals surface area contributed by atoms with Crippen molar-refractivity contribution in [2.75, 3.05) is 13.2 Å². The van der Waals surface area contributed by atoms with Crippen molar-refractivity contribution >= 4 is 0 Å². The van der Waals surface area contributed by atoms with Crippen molar-refractivity contribution in [3.63, 3.8) is 0 Å². The second-order valence-electron chi connectivity index (χ2n) is 5.50. The summed E-state index contributed by atoms with van der Waals surface area (Å²) in [4.78, 5) is 0. The Hall–Kier alpha value is -1.24. The highest BCUT2D eigenvalue weighted by Crippen LogP contribution is 2.16. The number of aryl methyl sites for hydroxylation is 1. The summed E-state index contributed by atoms with van der Waals surface area (Å²) in [5, 5.41) is 21.8. The minimum Gasteiger partial charge on any atom is -0.435 e. The fourth-order valence-electron chi connectivity index (χ4n) is 1.77. The molecule has 0 saturated carbocycles. The number of aliphatic hydroxyl groups excluding tert-OH is 1. The zero-order valence-corrected chi connectivity index (χ0v) is 12.4. The Morgan fingerprint density at radius 1 is 1.29 bits per heavy atom. The second kappa shape index (κ2) is 8.26. The highest BCUT2D eigenvalue weighted by Gasteiger charge is 2.19. The maximum Gasteiger partial charge on any atom is 0.387 e. The van der Waals surface area contributed by atoms with Crippen LogP contribution >= 0.6 is 0 Å². The van der Waals surface area contributed by atoms with Crippen molar-refractivity contribution in [1.29, 1.82) is 0 Å². The lowest BCUT2D eigenvalue weighted by molar-refractivity contribution is -0.0498. The van der Waals surface area contributed by atoms with E-state index in [9.17, 15) is 13.9 Å². The van der Waals surface area contributed by atoms with Crippen LogP contribution in [0.1, 0.15) is 25.8 Å². The van der Waals surface area contributed by atoms with Gasteiger partial charge in [-0.15, -0.1) is 0 Å². The van der Waals surface area contributed by atoms with Gasteiger partial charge >= 0.3 is 6.61 Å². The van der Waals surface area contributed by atoms with E-state index in [4.69, 9.17) is 5.11 Å². The molecule has 0 heterocycles. The number of aliphatic hydroxyl groups is 2. The van der Waals surface area contributed by atoms with Crippen LogP contribution in [0.15, 0.2) is 24.3 Å². The molecule has 6 heteroatoms.